The van der Waals surface area contributed by atoms with Crippen molar-refractivity contribution in [3.05, 3.63) is 47.5 Å². The van der Waals surface area contributed by atoms with E-state index in [0.717, 1.165) is 5.56 Å². The molecule has 0 aliphatic carbocycles. The fourth-order valence-corrected chi connectivity index (χ4v) is 1.46. The molecule has 0 saturated heterocycles. The van der Waals surface area contributed by atoms with Crippen molar-refractivity contribution in [1.29, 1.82) is 0 Å². The molecule has 1 N–H and O–H groups in total. The number of carbonyl (C=O) groups excluding carboxylic acids is 1. The number of hydrogen-bond donors (Lipinski definition) is 1. The van der Waals surface area contributed by atoms with Gasteiger partial charge in [0.05, 0.1) is 5.69 Å². The van der Waals surface area contributed by atoms with Gasteiger partial charge >= 0.3 is 0 Å². The second kappa shape index (κ2) is 4.37. The summed E-state index contributed by atoms with van der Waals surface area (Å²) in [5.74, 6) is -0.880. The van der Waals surface area contributed by atoms with E-state index in [1.165, 1.54) is 10.7 Å². The predicted octanol–water partition coefficient (Wildman–Crippen LogP) is 2.12. The zero-order valence-corrected chi connectivity index (χ0v) is 9.57. The van der Waals surface area contributed by atoms with Crippen LogP contribution in [0.3, 0.4) is 0 Å². The Morgan fingerprint density at radius 2 is 2.18 bits per heavy atom. The molecule has 1 aromatic heterocycles. The van der Waals surface area contributed by atoms with Gasteiger partial charge in [0.15, 0.2) is 5.69 Å². The van der Waals surface area contributed by atoms with Crippen LogP contribution in [0, 0.1) is 12.7 Å². The predicted molar refractivity (Wildman–Crippen MR) is 62.3 cm³/mol. The van der Waals surface area contributed by atoms with E-state index in [9.17, 15) is 9.18 Å². The summed E-state index contributed by atoms with van der Waals surface area (Å²) in [5.41, 5.74) is 1.30. The first-order valence-corrected chi connectivity index (χ1v) is 5.13. The number of nitrogens with zero attached hydrogens (tertiary/aromatic N) is 2. The average molecular weight is 233 g/mol. The van der Waals surface area contributed by atoms with Crippen LogP contribution in [0.2, 0.25) is 0 Å². The molecule has 4 nitrogen and oxygen atoms in total. The van der Waals surface area contributed by atoms with Crippen molar-refractivity contribution in [2.24, 2.45) is 7.05 Å². The largest absolute Gasteiger partial charge is 0.318 e. The number of rotatable bonds is 2. The molecule has 1 amide bonds. The number of carbonyl (C=O) groups is 1. The Balaban J connectivity index is 2.21. The van der Waals surface area contributed by atoms with Crippen molar-refractivity contribution in [2.45, 2.75) is 6.92 Å². The van der Waals surface area contributed by atoms with Crippen molar-refractivity contribution in [3.8, 4) is 0 Å². The lowest BCUT2D eigenvalue weighted by molar-refractivity contribution is 0.102. The molecule has 2 rings (SSSR count). The molecular weight excluding hydrogens is 221 g/mol. The van der Waals surface area contributed by atoms with Gasteiger partial charge in [-0.05, 0) is 30.7 Å². The molecule has 1 aromatic carbocycles. The number of anilines is 1. The second-order valence-corrected chi connectivity index (χ2v) is 3.81. The van der Waals surface area contributed by atoms with Crippen molar-refractivity contribution in [3.63, 3.8) is 0 Å². The summed E-state index contributed by atoms with van der Waals surface area (Å²) in [6.45, 7) is 1.83. The molecule has 0 aliphatic rings. The van der Waals surface area contributed by atoms with Crippen LogP contribution in [0.25, 0.3) is 0 Å². The summed E-state index contributed by atoms with van der Waals surface area (Å²) >= 11 is 0. The van der Waals surface area contributed by atoms with Gasteiger partial charge in [-0.25, -0.2) is 4.39 Å². The standard InChI is InChI=1S/C12H12FN3O/c1-8-3-4-9(13)11(7-8)14-12(17)10-5-6-16(2)15-10/h3-7H,1-2H3,(H,14,17). The van der Waals surface area contributed by atoms with Gasteiger partial charge in [-0.3, -0.25) is 9.48 Å². The highest BCUT2D eigenvalue weighted by molar-refractivity contribution is 6.02. The van der Waals surface area contributed by atoms with E-state index in [4.69, 9.17) is 0 Å². The topological polar surface area (TPSA) is 46.9 Å². The van der Waals surface area contributed by atoms with E-state index in [1.807, 2.05) is 6.92 Å². The summed E-state index contributed by atoms with van der Waals surface area (Å²) in [6, 6.07) is 6.12. The molecule has 2 aromatic rings. The first-order valence-electron chi connectivity index (χ1n) is 5.13. The lowest BCUT2D eigenvalue weighted by Gasteiger charge is -2.05. The first kappa shape index (κ1) is 11.3. The van der Waals surface area contributed by atoms with E-state index in [1.54, 1.807) is 31.4 Å². The first-order chi connectivity index (χ1) is 8.06. The summed E-state index contributed by atoms with van der Waals surface area (Å²) in [5, 5.41) is 6.43. The third kappa shape index (κ3) is 2.50. The Labute approximate surface area is 98.1 Å². The van der Waals surface area contributed by atoms with Gasteiger partial charge < -0.3 is 5.32 Å². The minimum absolute atomic E-state index is 0.167. The van der Waals surface area contributed by atoms with Crippen LogP contribution in [0.15, 0.2) is 30.5 Å². The maximum Gasteiger partial charge on any atom is 0.276 e. The second-order valence-electron chi connectivity index (χ2n) is 3.81. The highest BCUT2D eigenvalue weighted by Gasteiger charge is 2.11. The van der Waals surface area contributed by atoms with Gasteiger partial charge in [-0.1, -0.05) is 6.07 Å². The maximum atomic E-state index is 13.4. The zero-order chi connectivity index (χ0) is 12.4. The Morgan fingerprint density at radius 1 is 1.41 bits per heavy atom. The Hall–Kier alpha value is -2.17. The molecule has 0 bridgehead atoms. The molecule has 1 heterocycles. The molecule has 0 saturated carbocycles. The molecular formula is C12H12FN3O. The fraction of sp³-hybridized carbons (Fsp3) is 0.167. The molecule has 0 atom stereocenters. The molecule has 0 radical (unpaired) electrons. The molecule has 17 heavy (non-hydrogen) atoms. The van der Waals surface area contributed by atoms with E-state index < -0.39 is 11.7 Å². The van der Waals surface area contributed by atoms with Crippen LogP contribution in [-0.2, 0) is 7.05 Å². The maximum absolute atomic E-state index is 13.4. The normalized spacial score (nSPS) is 10.3. The number of benzene rings is 1. The number of aromatic nitrogens is 2. The van der Waals surface area contributed by atoms with E-state index in [-0.39, 0.29) is 11.4 Å². The van der Waals surface area contributed by atoms with Crippen molar-refractivity contribution >= 4 is 11.6 Å². The van der Waals surface area contributed by atoms with Crippen LogP contribution in [0.1, 0.15) is 16.1 Å². The van der Waals surface area contributed by atoms with Crippen LogP contribution < -0.4 is 5.32 Å². The number of hydrogen-bond acceptors (Lipinski definition) is 2. The Kier molecular flexibility index (Phi) is 2.91. The third-order valence-electron chi connectivity index (χ3n) is 2.32. The monoisotopic (exact) mass is 233 g/mol. The van der Waals surface area contributed by atoms with E-state index >= 15 is 0 Å². The van der Waals surface area contributed by atoms with Gasteiger partial charge in [0.1, 0.15) is 5.82 Å². The summed E-state index contributed by atoms with van der Waals surface area (Å²) in [7, 11) is 1.71. The lowest BCUT2D eigenvalue weighted by atomic mass is 10.2. The Bertz CT molecular complexity index is 563. The number of nitrogens with one attached hydrogen (secondary N) is 1. The van der Waals surface area contributed by atoms with Crippen molar-refractivity contribution < 1.29 is 9.18 Å². The van der Waals surface area contributed by atoms with Gasteiger partial charge in [-0.15, -0.1) is 0 Å². The minimum Gasteiger partial charge on any atom is -0.318 e. The number of amides is 1. The Morgan fingerprint density at radius 3 is 2.82 bits per heavy atom. The van der Waals surface area contributed by atoms with E-state index in [0.29, 0.717) is 0 Å². The number of halogens is 1. The van der Waals surface area contributed by atoms with Crippen LogP contribution in [0.5, 0.6) is 0 Å². The van der Waals surface area contributed by atoms with Crippen molar-refractivity contribution in [2.75, 3.05) is 5.32 Å². The van der Waals surface area contributed by atoms with Crippen LogP contribution in [0.4, 0.5) is 10.1 Å². The van der Waals surface area contributed by atoms with Gasteiger partial charge in [0.2, 0.25) is 0 Å². The fourth-order valence-electron chi connectivity index (χ4n) is 1.46. The summed E-state index contributed by atoms with van der Waals surface area (Å²) in [6.07, 6.45) is 1.65. The molecule has 0 spiro atoms. The van der Waals surface area contributed by atoms with Crippen LogP contribution >= 0.6 is 0 Å². The number of aryl methyl sites for hydroxylation is 2. The SMILES string of the molecule is Cc1ccc(F)c(NC(=O)c2ccn(C)n2)c1. The summed E-state index contributed by atoms with van der Waals surface area (Å²) in [4.78, 5) is 11.7. The average Bonchev–Trinajstić information content (AvgIpc) is 2.70. The highest BCUT2D eigenvalue weighted by atomic mass is 19.1. The highest BCUT2D eigenvalue weighted by Crippen LogP contribution is 2.16. The van der Waals surface area contributed by atoms with Crippen LogP contribution in [-0.4, -0.2) is 15.7 Å². The summed E-state index contributed by atoms with van der Waals surface area (Å²) < 4.78 is 14.9. The quantitative estimate of drug-likeness (QED) is 0.863. The lowest BCUT2D eigenvalue weighted by Crippen LogP contribution is -2.14. The molecule has 0 unspecified atom stereocenters. The van der Waals surface area contributed by atoms with E-state index in [2.05, 4.69) is 10.4 Å². The van der Waals surface area contributed by atoms with Gasteiger partial charge in [0.25, 0.3) is 5.91 Å². The molecule has 0 aliphatic heterocycles. The smallest absolute Gasteiger partial charge is 0.276 e. The zero-order valence-electron chi connectivity index (χ0n) is 9.57. The van der Waals surface area contributed by atoms with Crippen molar-refractivity contribution in [1.82, 2.24) is 9.78 Å². The molecule has 0 fully saturated rings. The van der Waals surface area contributed by atoms with Gasteiger partial charge in [0, 0.05) is 13.2 Å². The third-order valence-corrected chi connectivity index (χ3v) is 2.32. The molecule has 5 heteroatoms. The minimum atomic E-state index is -0.458. The molecule has 88 valence electrons. The van der Waals surface area contributed by atoms with Gasteiger partial charge in [-0.2, -0.15) is 5.10 Å².